The molecule has 0 aliphatic heterocycles. The van der Waals surface area contributed by atoms with Gasteiger partial charge >= 0.3 is 0 Å². The van der Waals surface area contributed by atoms with Gasteiger partial charge in [0.15, 0.2) is 0 Å². The summed E-state index contributed by atoms with van der Waals surface area (Å²) in [6, 6.07) is 6.74. The van der Waals surface area contributed by atoms with Crippen LogP contribution in [0.1, 0.15) is 132 Å². The summed E-state index contributed by atoms with van der Waals surface area (Å²) >= 11 is 0. The monoisotopic (exact) mass is 373 g/mol. The first-order chi connectivity index (χ1) is 13.2. The van der Waals surface area contributed by atoms with Gasteiger partial charge in [-0.15, -0.1) is 0 Å². The van der Waals surface area contributed by atoms with Gasteiger partial charge in [0.05, 0.1) is 0 Å². The molecule has 27 heavy (non-hydrogen) atoms. The second-order valence-corrected chi connectivity index (χ2v) is 8.63. The predicted octanol–water partition coefficient (Wildman–Crippen LogP) is 8.56. The van der Waals surface area contributed by atoms with Crippen molar-refractivity contribution in [1.82, 2.24) is 0 Å². The van der Waals surface area contributed by atoms with Crippen LogP contribution in [0.2, 0.25) is 0 Å². The Kier molecular flexibility index (Phi) is 14.5. The molecule has 1 nitrogen and oxygen atoms in total. The SMILES string of the molecule is CCCCCCCCCCCCCCCCCC(N)c1cccc(C)c1C. The minimum Gasteiger partial charge on any atom is -0.324 e. The van der Waals surface area contributed by atoms with Crippen LogP contribution in [-0.2, 0) is 0 Å². The fraction of sp³-hybridized carbons (Fsp3) is 0.769. The Labute approximate surface area is 170 Å². The van der Waals surface area contributed by atoms with Crippen molar-refractivity contribution in [2.24, 2.45) is 5.73 Å². The van der Waals surface area contributed by atoms with E-state index < -0.39 is 0 Å². The van der Waals surface area contributed by atoms with E-state index in [-0.39, 0.29) is 6.04 Å². The summed E-state index contributed by atoms with van der Waals surface area (Å²) in [4.78, 5) is 0. The number of unbranched alkanes of at least 4 members (excludes halogenated alkanes) is 14. The van der Waals surface area contributed by atoms with Gasteiger partial charge in [0, 0.05) is 6.04 Å². The van der Waals surface area contributed by atoms with Gasteiger partial charge in [-0.05, 0) is 37.0 Å². The Hall–Kier alpha value is -0.820. The second kappa shape index (κ2) is 16.2. The highest BCUT2D eigenvalue weighted by Gasteiger charge is 2.09. The predicted molar refractivity (Wildman–Crippen MR) is 122 cm³/mol. The molecule has 0 fully saturated rings. The summed E-state index contributed by atoms with van der Waals surface area (Å²) in [5, 5.41) is 0. The maximum absolute atomic E-state index is 6.42. The highest BCUT2D eigenvalue weighted by Crippen LogP contribution is 2.23. The fourth-order valence-corrected chi connectivity index (χ4v) is 4.07. The van der Waals surface area contributed by atoms with Crippen molar-refractivity contribution in [3.8, 4) is 0 Å². The molecule has 0 aliphatic rings. The first kappa shape index (κ1) is 24.2. The topological polar surface area (TPSA) is 26.0 Å². The molecule has 1 aromatic rings. The third kappa shape index (κ3) is 11.6. The third-order valence-corrected chi connectivity index (χ3v) is 6.16. The van der Waals surface area contributed by atoms with Crippen molar-refractivity contribution in [3.05, 3.63) is 34.9 Å². The average molecular weight is 374 g/mol. The van der Waals surface area contributed by atoms with Gasteiger partial charge in [-0.1, -0.05) is 121 Å². The molecule has 0 amide bonds. The first-order valence-electron chi connectivity index (χ1n) is 12.0. The molecule has 0 aromatic heterocycles. The maximum Gasteiger partial charge on any atom is 0.0297 e. The number of rotatable bonds is 17. The zero-order chi connectivity index (χ0) is 19.7. The summed E-state index contributed by atoms with van der Waals surface area (Å²) in [6.45, 7) is 6.68. The van der Waals surface area contributed by atoms with E-state index >= 15 is 0 Å². The molecule has 1 aromatic carbocycles. The van der Waals surface area contributed by atoms with Crippen molar-refractivity contribution < 1.29 is 0 Å². The smallest absolute Gasteiger partial charge is 0.0297 e. The van der Waals surface area contributed by atoms with Gasteiger partial charge in [0.25, 0.3) is 0 Å². The molecule has 0 bridgehead atoms. The van der Waals surface area contributed by atoms with Crippen molar-refractivity contribution in [3.63, 3.8) is 0 Å². The van der Waals surface area contributed by atoms with E-state index in [1.165, 1.54) is 113 Å². The van der Waals surface area contributed by atoms with Gasteiger partial charge in [-0.2, -0.15) is 0 Å². The Morgan fingerprint density at radius 2 is 1.11 bits per heavy atom. The number of hydrogen-bond acceptors (Lipinski definition) is 1. The van der Waals surface area contributed by atoms with Gasteiger partial charge in [-0.3, -0.25) is 0 Å². The minimum atomic E-state index is 0.215. The molecule has 0 heterocycles. The lowest BCUT2D eigenvalue weighted by molar-refractivity contribution is 0.519. The van der Waals surface area contributed by atoms with Crippen LogP contribution in [0.15, 0.2) is 18.2 Å². The molecule has 0 radical (unpaired) electrons. The summed E-state index contributed by atoms with van der Waals surface area (Å²) in [7, 11) is 0. The van der Waals surface area contributed by atoms with Gasteiger partial charge < -0.3 is 5.73 Å². The Bertz CT molecular complexity index is 465. The van der Waals surface area contributed by atoms with Crippen molar-refractivity contribution >= 4 is 0 Å². The van der Waals surface area contributed by atoms with Crippen LogP contribution in [0.5, 0.6) is 0 Å². The van der Waals surface area contributed by atoms with Crippen LogP contribution in [0, 0.1) is 13.8 Å². The average Bonchev–Trinajstić information content (AvgIpc) is 2.67. The number of benzene rings is 1. The molecule has 1 heteroatoms. The van der Waals surface area contributed by atoms with Crippen LogP contribution >= 0.6 is 0 Å². The Morgan fingerprint density at radius 3 is 1.59 bits per heavy atom. The fourth-order valence-electron chi connectivity index (χ4n) is 4.07. The molecule has 0 spiro atoms. The summed E-state index contributed by atoms with van der Waals surface area (Å²) in [5.74, 6) is 0. The zero-order valence-corrected chi connectivity index (χ0v) is 18.7. The molecule has 0 saturated carbocycles. The van der Waals surface area contributed by atoms with Crippen molar-refractivity contribution in [1.29, 1.82) is 0 Å². The van der Waals surface area contributed by atoms with Crippen molar-refractivity contribution in [2.75, 3.05) is 0 Å². The summed E-state index contributed by atoms with van der Waals surface area (Å²) in [5.41, 5.74) is 10.5. The lowest BCUT2D eigenvalue weighted by Gasteiger charge is -2.16. The van der Waals surface area contributed by atoms with E-state index in [1.54, 1.807) is 0 Å². The summed E-state index contributed by atoms with van der Waals surface area (Å²) in [6.07, 6.45) is 22.4. The third-order valence-electron chi connectivity index (χ3n) is 6.16. The second-order valence-electron chi connectivity index (χ2n) is 8.63. The number of nitrogens with two attached hydrogens (primary N) is 1. The zero-order valence-electron chi connectivity index (χ0n) is 18.7. The number of hydrogen-bond donors (Lipinski definition) is 1. The van der Waals surface area contributed by atoms with E-state index in [0.717, 1.165) is 6.42 Å². The molecular weight excluding hydrogens is 326 g/mol. The lowest BCUT2D eigenvalue weighted by atomic mass is 9.94. The van der Waals surface area contributed by atoms with Gasteiger partial charge in [0.2, 0.25) is 0 Å². The van der Waals surface area contributed by atoms with Crippen LogP contribution in [0.4, 0.5) is 0 Å². The minimum absolute atomic E-state index is 0.215. The van der Waals surface area contributed by atoms with Gasteiger partial charge in [0.1, 0.15) is 0 Å². The first-order valence-corrected chi connectivity index (χ1v) is 12.0. The highest BCUT2D eigenvalue weighted by molar-refractivity contribution is 5.35. The molecule has 0 saturated heterocycles. The van der Waals surface area contributed by atoms with E-state index in [0.29, 0.717) is 0 Å². The molecule has 2 N–H and O–H groups in total. The lowest BCUT2D eigenvalue weighted by Crippen LogP contribution is -2.12. The Balaban J connectivity index is 1.88. The maximum atomic E-state index is 6.42. The Morgan fingerprint density at radius 1 is 0.667 bits per heavy atom. The molecule has 1 rings (SSSR count). The van der Waals surface area contributed by atoms with E-state index in [1.807, 2.05) is 0 Å². The van der Waals surface area contributed by atoms with E-state index in [2.05, 4.69) is 39.0 Å². The van der Waals surface area contributed by atoms with E-state index in [4.69, 9.17) is 5.73 Å². The quantitative estimate of drug-likeness (QED) is 0.272. The van der Waals surface area contributed by atoms with Crippen LogP contribution in [0.3, 0.4) is 0 Å². The van der Waals surface area contributed by atoms with Crippen molar-refractivity contribution in [2.45, 2.75) is 130 Å². The molecule has 1 atom stereocenters. The van der Waals surface area contributed by atoms with Crippen LogP contribution in [-0.4, -0.2) is 0 Å². The molecule has 1 unspecified atom stereocenters. The molecular formula is C26H47N. The largest absolute Gasteiger partial charge is 0.324 e. The van der Waals surface area contributed by atoms with Crippen LogP contribution in [0.25, 0.3) is 0 Å². The molecule has 0 aliphatic carbocycles. The van der Waals surface area contributed by atoms with Crippen LogP contribution < -0.4 is 5.73 Å². The highest BCUT2D eigenvalue weighted by atomic mass is 14.6. The standard InChI is InChI=1S/C26H47N/c1-4-5-6-7-8-9-10-11-12-13-14-15-16-17-18-22-26(27)25-21-19-20-23(2)24(25)3/h19-21,26H,4-18,22,27H2,1-3H3. The van der Waals surface area contributed by atoms with E-state index in [9.17, 15) is 0 Å². The summed E-state index contributed by atoms with van der Waals surface area (Å²) < 4.78 is 0. The number of aryl methyl sites for hydroxylation is 1. The molecule has 156 valence electrons. The van der Waals surface area contributed by atoms with Gasteiger partial charge in [-0.25, -0.2) is 0 Å². The normalized spacial score (nSPS) is 12.4.